The van der Waals surface area contributed by atoms with E-state index in [1.165, 1.54) is 44.9 Å². The van der Waals surface area contributed by atoms with E-state index in [-0.39, 0.29) is 0 Å². The van der Waals surface area contributed by atoms with Crippen LogP contribution in [-0.2, 0) is 4.79 Å². The van der Waals surface area contributed by atoms with E-state index >= 15 is 0 Å². The molecule has 0 radical (unpaired) electrons. The number of carbonyl (C=O) groups is 1. The van der Waals surface area contributed by atoms with Crippen LogP contribution in [0.5, 0.6) is 0 Å². The maximum absolute atomic E-state index is 11.7. The van der Waals surface area contributed by atoms with Crippen molar-refractivity contribution in [2.75, 3.05) is 0 Å². The van der Waals surface area contributed by atoms with E-state index in [0.717, 1.165) is 18.8 Å². The number of unbranched alkanes of at least 4 members (excludes halogenated alkanes) is 1. The van der Waals surface area contributed by atoms with Crippen LogP contribution in [0.2, 0.25) is 0 Å². The molecule has 2 atom stereocenters. The minimum Gasteiger partial charge on any atom is -0.299 e. The summed E-state index contributed by atoms with van der Waals surface area (Å²) in [5, 5.41) is 0. The molecular weight excluding hydrogens is 184 g/mol. The lowest BCUT2D eigenvalue weighted by molar-refractivity contribution is -0.125. The number of ketones is 1. The highest BCUT2D eigenvalue weighted by atomic mass is 16.1. The molecule has 88 valence electrons. The zero-order chi connectivity index (χ0) is 11.1. The van der Waals surface area contributed by atoms with Crippen molar-refractivity contribution in [1.29, 1.82) is 0 Å². The van der Waals surface area contributed by atoms with Gasteiger partial charge in [-0.15, -0.1) is 0 Å². The molecule has 0 aliphatic heterocycles. The second kappa shape index (κ2) is 7.03. The molecule has 1 aliphatic rings. The second-order valence-electron chi connectivity index (χ2n) is 5.06. The van der Waals surface area contributed by atoms with Gasteiger partial charge in [0.2, 0.25) is 0 Å². The van der Waals surface area contributed by atoms with Crippen LogP contribution in [0.15, 0.2) is 0 Å². The molecule has 0 aromatic heterocycles. The third-order valence-electron chi connectivity index (χ3n) is 3.84. The van der Waals surface area contributed by atoms with Gasteiger partial charge in [-0.25, -0.2) is 0 Å². The van der Waals surface area contributed by atoms with Crippen LogP contribution in [0, 0.1) is 11.8 Å². The van der Waals surface area contributed by atoms with Crippen LogP contribution in [0.4, 0.5) is 0 Å². The molecule has 1 saturated carbocycles. The Morgan fingerprint density at radius 3 is 2.73 bits per heavy atom. The first-order valence-corrected chi connectivity index (χ1v) is 6.80. The average molecular weight is 210 g/mol. The first kappa shape index (κ1) is 12.7. The molecule has 0 N–H and O–H groups in total. The van der Waals surface area contributed by atoms with Crippen molar-refractivity contribution >= 4 is 5.78 Å². The summed E-state index contributed by atoms with van der Waals surface area (Å²) in [6.45, 7) is 4.52. The minimum atomic E-state index is 0.417. The van der Waals surface area contributed by atoms with Crippen LogP contribution in [0.25, 0.3) is 0 Å². The molecular formula is C14H26O. The Bertz CT molecular complexity index is 186. The second-order valence-corrected chi connectivity index (χ2v) is 5.06. The van der Waals surface area contributed by atoms with Gasteiger partial charge < -0.3 is 0 Å². The molecule has 0 heterocycles. The lowest BCUT2D eigenvalue weighted by Gasteiger charge is -2.24. The van der Waals surface area contributed by atoms with Crippen molar-refractivity contribution in [3.63, 3.8) is 0 Å². The van der Waals surface area contributed by atoms with E-state index in [4.69, 9.17) is 0 Å². The summed E-state index contributed by atoms with van der Waals surface area (Å²) in [7, 11) is 0. The summed E-state index contributed by atoms with van der Waals surface area (Å²) in [6, 6.07) is 0. The quantitative estimate of drug-likeness (QED) is 0.637. The lowest BCUT2D eigenvalue weighted by atomic mass is 9.80. The number of Topliss-reactive ketones (excluding diaryl/α,β-unsaturated/α-hetero) is 1. The van der Waals surface area contributed by atoms with Crippen LogP contribution in [0.3, 0.4) is 0 Å². The van der Waals surface area contributed by atoms with Gasteiger partial charge in [-0.2, -0.15) is 0 Å². The van der Waals surface area contributed by atoms with Crippen molar-refractivity contribution < 1.29 is 4.79 Å². The molecule has 0 aromatic carbocycles. The highest BCUT2D eigenvalue weighted by molar-refractivity contribution is 5.81. The van der Waals surface area contributed by atoms with Crippen LogP contribution in [0.1, 0.15) is 71.6 Å². The molecule has 1 heteroatoms. The first-order chi connectivity index (χ1) is 7.27. The van der Waals surface area contributed by atoms with Crippen molar-refractivity contribution in [2.45, 2.75) is 71.6 Å². The minimum absolute atomic E-state index is 0.417. The average Bonchev–Trinajstić information content (AvgIpc) is 2.26. The summed E-state index contributed by atoms with van der Waals surface area (Å²) >= 11 is 0. The van der Waals surface area contributed by atoms with Crippen LogP contribution < -0.4 is 0 Å². The largest absolute Gasteiger partial charge is 0.299 e. The van der Waals surface area contributed by atoms with Gasteiger partial charge in [0.25, 0.3) is 0 Å². The fourth-order valence-corrected chi connectivity index (χ4v) is 2.69. The molecule has 0 spiro atoms. The molecule has 0 unspecified atom stereocenters. The van der Waals surface area contributed by atoms with Gasteiger partial charge in [-0.05, 0) is 25.2 Å². The molecule has 1 rings (SSSR count). The summed E-state index contributed by atoms with van der Waals surface area (Å²) in [6.07, 6.45) is 10.8. The first-order valence-electron chi connectivity index (χ1n) is 6.80. The van der Waals surface area contributed by atoms with Gasteiger partial charge in [-0.3, -0.25) is 4.79 Å². The van der Waals surface area contributed by atoms with Crippen molar-refractivity contribution in [3.8, 4) is 0 Å². The van der Waals surface area contributed by atoms with E-state index < -0.39 is 0 Å². The number of hydrogen-bond acceptors (Lipinski definition) is 1. The van der Waals surface area contributed by atoms with Gasteiger partial charge >= 0.3 is 0 Å². The van der Waals surface area contributed by atoms with Gasteiger partial charge in [0.1, 0.15) is 5.78 Å². The normalized spacial score (nSPS) is 24.1. The van der Waals surface area contributed by atoms with E-state index in [2.05, 4.69) is 13.8 Å². The number of rotatable bonds is 6. The van der Waals surface area contributed by atoms with Gasteiger partial charge in [0.05, 0.1) is 0 Å². The maximum atomic E-state index is 11.7. The molecule has 0 saturated heterocycles. The Kier molecular flexibility index (Phi) is 5.97. The Labute approximate surface area is 94.6 Å². The van der Waals surface area contributed by atoms with Crippen LogP contribution in [-0.4, -0.2) is 5.78 Å². The Hall–Kier alpha value is -0.330. The summed E-state index contributed by atoms with van der Waals surface area (Å²) in [5.41, 5.74) is 0. The third-order valence-corrected chi connectivity index (χ3v) is 3.84. The highest BCUT2D eigenvalue weighted by Gasteiger charge is 2.24. The SMILES string of the molecule is CCCC[C@H](CC)C[C@@H]1CCCCC1=O. The molecule has 0 bridgehead atoms. The topological polar surface area (TPSA) is 17.1 Å². The monoisotopic (exact) mass is 210 g/mol. The molecule has 1 aliphatic carbocycles. The zero-order valence-corrected chi connectivity index (χ0v) is 10.4. The molecule has 0 amide bonds. The summed E-state index contributed by atoms with van der Waals surface area (Å²) in [4.78, 5) is 11.7. The molecule has 1 nitrogen and oxygen atoms in total. The molecule has 1 fully saturated rings. The Morgan fingerprint density at radius 1 is 1.33 bits per heavy atom. The van der Waals surface area contributed by atoms with Gasteiger partial charge in [0, 0.05) is 12.3 Å². The number of carbonyl (C=O) groups excluding carboxylic acids is 1. The zero-order valence-electron chi connectivity index (χ0n) is 10.4. The van der Waals surface area contributed by atoms with E-state index in [9.17, 15) is 4.79 Å². The Morgan fingerprint density at radius 2 is 2.13 bits per heavy atom. The fraction of sp³-hybridized carbons (Fsp3) is 0.929. The smallest absolute Gasteiger partial charge is 0.135 e. The Balaban J connectivity index is 2.32. The number of hydrogen-bond donors (Lipinski definition) is 0. The predicted octanol–water partition coefficient (Wildman–Crippen LogP) is 4.35. The summed E-state index contributed by atoms with van der Waals surface area (Å²) in [5.74, 6) is 1.77. The lowest BCUT2D eigenvalue weighted by Crippen LogP contribution is -2.21. The van der Waals surface area contributed by atoms with E-state index in [1.54, 1.807) is 0 Å². The molecule has 15 heavy (non-hydrogen) atoms. The van der Waals surface area contributed by atoms with Gasteiger partial charge in [0.15, 0.2) is 0 Å². The van der Waals surface area contributed by atoms with Crippen molar-refractivity contribution in [2.24, 2.45) is 11.8 Å². The van der Waals surface area contributed by atoms with E-state index in [0.29, 0.717) is 11.7 Å². The van der Waals surface area contributed by atoms with E-state index in [1.807, 2.05) is 0 Å². The van der Waals surface area contributed by atoms with Crippen molar-refractivity contribution in [1.82, 2.24) is 0 Å². The maximum Gasteiger partial charge on any atom is 0.135 e. The van der Waals surface area contributed by atoms with Crippen LogP contribution >= 0.6 is 0 Å². The summed E-state index contributed by atoms with van der Waals surface area (Å²) < 4.78 is 0. The predicted molar refractivity (Wildman–Crippen MR) is 64.9 cm³/mol. The third kappa shape index (κ3) is 4.36. The standard InChI is InChI=1S/C14H26O/c1-3-5-8-12(4-2)11-13-9-6-7-10-14(13)15/h12-13H,3-11H2,1-2H3/t12-,13-/m0/s1. The fourth-order valence-electron chi connectivity index (χ4n) is 2.69. The highest BCUT2D eigenvalue weighted by Crippen LogP contribution is 2.29. The van der Waals surface area contributed by atoms with Crippen molar-refractivity contribution in [3.05, 3.63) is 0 Å². The molecule has 0 aromatic rings. The van der Waals surface area contributed by atoms with Gasteiger partial charge in [-0.1, -0.05) is 46.0 Å².